The van der Waals surface area contributed by atoms with Crippen molar-refractivity contribution in [2.24, 2.45) is 5.10 Å². The summed E-state index contributed by atoms with van der Waals surface area (Å²) < 4.78 is 23.6. The van der Waals surface area contributed by atoms with Crippen molar-refractivity contribution < 1.29 is 23.4 Å². The van der Waals surface area contributed by atoms with Crippen LogP contribution in [0.25, 0.3) is 33.5 Å². The molecule has 3 heterocycles. The zero-order valence-electron chi connectivity index (χ0n) is 22.4. The van der Waals surface area contributed by atoms with Crippen molar-refractivity contribution >= 4 is 57.2 Å². The first-order valence-corrected chi connectivity index (χ1v) is 13.8. The first-order chi connectivity index (χ1) is 20.4. The zero-order chi connectivity index (χ0) is 29.2. The molecule has 0 spiro atoms. The lowest BCUT2D eigenvalue weighted by atomic mass is 10.2. The third-order valence-corrected chi connectivity index (χ3v) is 7.32. The zero-order valence-corrected chi connectivity index (χ0v) is 23.9. The maximum Gasteiger partial charge on any atom is 0.282 e. The van der Waals surface area contributed by atoms with E-state index in [1.54, 1.807) is 60.5 Å². The summed E-state index contributed by atoms with van der Waals surface area (Å²) in [5.74, 6) is 1.15. The molecule has 0 N–H and O–H groups in total. The fraction of sp³-hybridized carbons (Fsp3) is 0.200. The predicted molar refractivity (Wildman–Crippen MR) is 160 cm³/mol. The number of halogens is 2. The van der Waals surface area contributed by atoms with Crippen LogP contribution >= 0.6 is 23.2 Å². The molecule has 0 aliphatic carbocycles. The normalized spacial score (nSPS) is 13.7. The summed E-state index contributed by atoms with van der Waals surface area (Å²) in [5.41, 5.74) is 1.17. The Morgan fingerprint density at radius 1 is 1.05 bits per heavy atom. The van der Waals surface area contributed by atoms with E-state index >= 15 is 0 Å². The van der Waals surface area contributed by atoms with Crippen LogP contribution in [-0.4, -0.2) is 66.7 Å². The van der Waals surface area contributed by atoms with E-state index in [0.717, 1.165) is 5.39 Å². The Morgan fingerprint density at radius 3 is 2.57 bits per heavy atom. The summed E-state index contributed by atoms with van der Waals surface area (Å²) in [6.07, 6.45) is 1.44. The number of carbonyl (C=O) groups is 1. The summed E-state index contributed by atoms with van der Waals surface area (Å²) in [7, 11) is 1.57. The maximum absolute atomic E-state index is 13.6. The molecule has 1 saturated heterocycles. The molecule has 10 nitrogen and oxygen atoms in total. The number of rotatable bonds is 7. The van der Waals surface area contributed by atoms with Gasteiger partial charge < -0.3 is 23.5 Å². The number of hydrogen-bond acceptors (Lipinski definition) is 8. The molecule has 0 radical (unpaired) electrons. The Kier molecular flexibility index (Phi) is 7.84. The number of carbonyl (C=O) groups excluding carboxylic acids is 1. The Hall–Kier alpha value is -4.38. The predicted octanol–water partition coefficient (Wildman–Crippen LogP) is 5.24. The molecule has 42 heavy (non-hydrogen) atoms. The lowest BCUT2D eigenvalue weighted by Crippen LogP contribution is -2.43. The van der Waals surface area contributed by atoms with Crippen molar-refractivity contribution in [3.05, 3.63) is 86.6 Å². The van der Waals surface area contributed by atoms with Crippen molar-refractivity contribution in [2.75, 3.05) is 40.0 Å². The minimum atomic E-state index is -0.391. The number of methoxy groups -OCH3 is 1. The standard InChI is InChI=1S/C30H24Cl2N4O6/c1-39-24-7-4-8-25-20(24)15-26(42-25)29-34-23-6-3-2-5-19(23)30(38)36(29)33-16-18-13-21(31)28(22(32)14-18)41-17-27(37)35-9-11-40-12-10-35/h2-8,13-16H,9-12,17H2,1H3. The molecule has 0 atom stereocenters. The molecule has 5 aromatic rings. The Labute approximate surface area is 249 Å². The Bertz CT molecular complexity index is 1870. The van der Waals surface area contributed by atoms with Crippen molar-refractivity contribution in [2.45, 2.75) is 0 Å². The minimum absolute atomic E-state index is 0.179. The molecule has 0 bridgehead atoms. The quantitative estimate of drug-likeness (QED) is 0.233. The van der Waals surface area contributed by atoms with Gasteiger partial charge in [-0.25, -0.2) is 4.98 Å². The number of ether oxygens (including phenoxy) is 3. The van der Waals surface area contributed by atoms with Gasteiger partial charge in [-0.2, -0.15) is 9.78 Å². The summed E-state index contributed by atoms with van der Waals surface area (Å²) >= 11 is 12.9. The van der Waals surface area contributed by atoms with Crippen LogP contribution in [0, 0.1) is 0 Å². The van der Waals surface area contributed by atoms with Crippen LogP contribution in [0.15, 0.2) is 75.0 Å². The molecule has 214 valence electrons. The average molecular weight is 607 g/mol. The van der Waals surface area contributed by atoms with E-state index in [1.807, 2.05) is 12.1 Å². The van der Waals surface area contributed by atoms with Crippen molar-refractivity contribution in [1.82, 2.24) is 14.6 Å². The SMILES string of the molecule is COc1cccc2oc(-c3nc4ccccc4c(=O)n3N=Cc3cc(Cl)c(OCC(=O)N4CCOCC4)c(Cl)c3)cc12. The number of para-hydroxylation sites is 1. The molecule has 1 aliphatic rings. The minimum Gasteiger partial charge on any atom is -0.496 e. The molecular weight excluding hydrogens is 583 g/mol. The second kappa shape index (κ2) is 11.8. The first kappa shape index (κ1) is 27.8. The number of benzene rings is 3. The molecule has 0 unspecified atom stereocenters. The number of amides is 1. The highest BCUT2D eigenvalue weighted by Gasteiger charge is 2.20. The van der Waals surface area contributed by atoms with Crippen LogP contribution in [0.3, 0.4) is 0 Å². The Balaban J connectivity index is 1.34. The first-order valence-electron chi connectivity index (χ1n) is 13.0. The lowest BCUT2D eigenvalue weighted by Gasteiger charge is -2.26. The van der Waals surface area contributed by atoms with Gasteiger partial charge in [-0.3, -0.25) is 9.59 Å². The van der Waals surface area contributed by atoms with Gasteiger partial charge in [0.25, 0.3) is 11.5 Å². The second-order valence-electron chi connectivity index (χ2n) is 9.39. The molecular formula is C30H24Cl2N4O6. The van der Waals surface area contributed by atoms with Gasteiger partial charge >= 0.3 is 0 Å². The fourth-order valence-corrected chi connectivity index (χ4v) is 5.28. The van der Waals surface area contributed by atoms with Gasteiger partial charge in [0.1, 0.15) is 11.3 Å². The van der Waals surface area contributed by atoms with E-state index in [0.29, 0.717) is 59.9 Å². The summed E-state index contributed by atoms with van der Waals surface area (Å²) in [6, 6.07) is 17.3. The number of hydrogen-bond donors (Lipinski definition) is 0. The van der Waals surface area contributed by atoms with Gasteiger partial charge in [-0.1, -0.05) is 41.4 Å². The van der Waals surface area contributed by atoms with E-state index in [4.69, 9.17) is 46.8 Å². The maximum atomic E-state index is 13.6. The average Bonchev–Trinajstić information content (AvgIpc) is 3.45. The molecule has 0 saturated carbocycles. The van der Waals surface area contributed by atoms with Crippen LogP contribution in [0.5, 0.6) is 11.5 Å². The second-order valence-corrected chi connectivity index (χ2v) is 10.2. The van der Waals surface area contributed by atoms with E-state index in [2.05, 4.69) is 5.10 Å². The summed E-state index contributed by atoms with van der Waals surface area (Å²) in [5, 5.41) is 5.95. The van der Waals surface area contributed by atoms with Gasteiger partial charge in [0, 0.05) is 13.1 Å². The fourth-order valence-electron chi connectivity index (χ4n) is 4.67. The number of morpholine rings is 1. The third-order valence-electron chi connectivity index (χ3n) is 6.76. The van der Waals surface area contributed by atoms with Crippen molar-refractivity contribution in [3.63, 3.8) is 0 Å². The number of nitrogens with zero attached hydrogens (tertiary/aromatic N) is 4. The van der Waals surface area contributed by atoms with Crippen LogP contribution in [0.2, 0.25) is 10.0 Å². The summed E-state index contributed by atoms with van der Waals surface area (Å²) in [6.45, 7) is 1.78. The van der Waals surface area contributed by atoms with Crippen molar-refractivity contribution in [1.29, 1.82) is 0 Å². The van der Waals surface area contributed by atoms with E-state index in [-0.39, 0.29) is 34.1 Å². The number of furan rings is 1. The molecule has 3 aromatic carbocycles. The summed E-state index contributed by atoms with van der Waals surface area (Å²) in [4.78, 5) is 32.4. The van der Waals surface area contributed by atoms with Gasteiger partial charge in [-0.05, 0) is 48.0 Å². The monoisotopic (exact) mass is 606 g/mol. The van der Waals surface area contributed by atoms with Crippen LogP contribution < -0.4 is 15.0 Å². The van der Waals surface area contributed by atoms with Crippen LogP contribution in [0.1, 0.15) is 5.56 Å². The van der Waals surface area contributed by atoms with E-state index in [1.165, 1.54) is 10.9 Å². The van der Waals surface area contributed by atoms with Gasteiger partial charge in [0.05, 0.1) is 52.9 Å². The van der Waals surface area contributed by atoms with Crippen LogP contribution in [0.4, 0.5) is 0 Å². The van der Waals surface area contributed by atoms with Crippen molar-refractivity contribution in [3.8, 4) is 23.1 Å². The Morgan fingerprint density at radius 2 is 1.81 bits per heavy atom. The molecule has 1 amide bonds. The topological polar surface area (TPSA) is 108 Å². The third kappa shape index (κ3) is 5.44. The van der Waals surface area contributed by atoms with Gasteiger partial charge in [0.2, 0.25) is 5.82 Å². The van der Waals surface area contributed by atoms with Gasteiger partial charge in [0.15, 0.2) is 18.1 Å². The molecule has 2 aromatic heterocycles. The molecule has 12 heteroatoms. The van der Waals surface area contributed by atoms with Gasteiger partial charge in [-0.15, -0.1) is 0 Å². The molecule has 6 rings (SSSR count). The van der Waals surface area contributed by atoms with E-state index < -0.39 is 5.56 Å². The smallest absolute Gasteiger partial charge is 0.282 e. The lowest BCUT2D eigenvalue weighted by molar-refractivity contribution is -0.137. The highest BCUT2D eigenvalue weighted by molar-refractivity contribution is 6.37. The highest BCUT2D eigenvalue weighted by atomic mass is 35.5. The molecule has 1 aliphatic heterocycles. The highest BCUT2D eigenvalue weighted by Crippen LogP contribution is 2.35. The van der Waals surface area contributed by atoms with Crippen LogP contribution in [-0.2, 0) is 9.53 Å². The largest absolute Gasteiger partial charge is 0.496 e. The molecule has 1 fully saturated rings. The number of aromatic nitrogens is 2. The number of fused-ring (bicyclic) bond motifs is 2. The van der Waals surface area contributed by atoms with E-state index in [9.17, 15) is 9.59 Å².